The Bertz CT molecular complexity index is 483. The Kier molecular flexibility index (Phi) is 6.36. The molecule has 108 valence electrons. The molecule has 0 aliphatic carbocycles. The smallest absolute Gasteiger partial charge is 0.175 e. The fraction of sp³-hybridized carbons (Fsp3) is 0.571. The molecule has 0 aromatic heterocycles. The van der Waals surface area contributed by atoms with Crippen LogP contribution in [0.3, 0.4) is 0 Å². The molecule has 1 N–H and O–H groups in total. The minimum Gasteiger partial charge on any atom is -0.310 e. The maximum absolute atomic E-state index is 11.4. The Labute approximate surface area is 121 Å². The first-order valence-corrected chi connectivity index (χ1v) is 9.58. The molecule has 1 rings (SSSR count). The zero-order chi connectivity index (χ0) is 14.5. The van der Waals surface area contributed by atoms with E-state index in [9.17, 15) is 8.42 Å². The summed E-state index contributed by atoms with van der Waals surface area (Å²) in [6, 6.07) is 7.35. The predicted molar refractivity (Wildman–Crippen MR) is 83.6 cm³/mol. The zero-order valence-corrected chi connectivity index (χ0v) is 13.6. The lowest BCUT2D eigenvalue weighted by molar-refractivity contribution is 0.557. The maximum Gasteiger partial charge on any atom is 0.175 e. The molecule has 0 bridgehead atoms. The van der Waals surface area contributed by atoms with E-state index < -0.39 is 9.84 Å². The summed E-state index contributed by atoms with van der Waals surface area (Å²) in [6.07, 6.45) is 4.48. The van der Waals surface area contributed by atoms with Crippen molar-refractivity contribution in [3.8, 4) is 0 Å². The second-order valence-electron chi connectivity index (χ2n) is 4.85. The van der Waals surface area contributed by atoms with E-state index in [0.29, 0.717) is 10.1 Å². The molecule has 1 aromatic carbocycles. The van der Waals surface area contributed by atoms with Crippen molar-refractivity contribution in [3.63, 3.8) is 0 Å². The van der Waals surface area contributed by atoms with Crippen molar-refractivity contribution in [1.29, 1.82) is 0 Å². The van der Waals surface area contributed by atoms with Gasteiger partial charge >= 0.3 is 0 Å². The summed E-state index contributed by atoms with van der Waals surface area (Å²) in [6.45, 7) is 5.29. The topological polar surface area (TPSA) is 46.2 Å². The fourth-order valence-electron chi connectivity index (χ4n) is 1.74. The van der Waals surface area contributed by atoms with Crippen molar-refractivity contribution >= 4 is 21.6 Å². The normalized spacial score (nSPS) is 15.2. The number of rotatable bonds is 7. The molecule has 0 amide bonds. The Morgan fingerprint density at radius 3 is 2.26 bits per heavy atom. The van der Waals surface area contributed by atoms with Crippen molar-refractivity contribution in [1.82, 2.24) is 5.32 Å². The van der Waals surface area contributed by atoms with Gasteiger partial charge in [-0.3, -0.25) is 0 Å². The van der Waals surface area contributed by atoms with Crippen molar-refractivity contribution < 1.29 is 8.42 Å². The average molecular weight is 301 g/mol. The zero-order valence-electron chi connectivity index (χ0n) is 12.0. The van der Waals surface area contributed by atoms with Crippen LogP contribution in [-0.2, 0) is 9.84 Å². The standard InChI is InChI=1S/C14H23NO2S2/c1-11(18-3)9-10-15-12(2)13-5-7-14(8-6-13)19(4,16)17/h5-8,11-12,15H,9-10H2,1-4H3. The molecule has 19 heavy (non-hydrogen) atoms. The van der Waals surface area contributed by atoms with E-state index >= 15 is 0 Å². The first kappa shape index (κ1) is 16.5. The summed E-state index contributed by atoms with van der Waals surface area (Å²) < 4.78 is 22.8. The van der Waals surface area contributed by atoms with E-state index in [4.69, 9.17) is 0 Å². The Morgan fingerprint density at radius 1 is 1.21 bits per heavy atom. The number of benzene rings is 1. The molecular formula is C14H23NO2S2. The van der Waals surface area contributed by atoms with E-state index in [1.165, 1.54) is 6.26 Å². The molecule has 0 aliphatic rings. The first-order chi connectivity index (χ1) is 8.84. The maximum atomic E-state index is 11.4. The van der Waals surface area contributed by atoms with Gasteiger partial charge < -0.3 is 5.32 Å². The predicted octanol–water partition coefficient (Wildman–Crippen LogP) is 2.88. The third-order valence-corrected chi connectivity index (χ3v) is 5.38. The molecule has 0 heterocycles. The third kappa shape index (κ3) is 5.55. The lowest BCUT2D eigenvalue weighted by Gasteiger charge is -2.16. The average Bonchev–Trinajstić information content (AvgIpc) is 2.37. The van der Waals surface area contributed by atoms with Gasteiger partial charge in [-0.05, 0) is 43.8 Å². The van der Waals surface area contributed by atoms with Crippen molar-refractivity contribution in [2.24, 2.45) is 0 Å². The Hall–Kier alpha value is -0.520. The Morgan fingerprint density at radius 2 is 1.79 bits per heavy atom. The van der Waals surface area contributed by atoms with Crippen LogP contribution < -0.4 is 5.32 Å². The summed E-state index contributed by atoms with van der Waals surface area (Å²) in [5.74, 6) is 0. The molecule has 0 saturated carbocycles. The highest BCUT2D eigenvalue weighted by Gasteiger charge is 2.09. The third-order valence-electron chi connectivity index (χ3n) is 3.21. The molecule has 3 nitrogen and oxygen atoms in total. The van der Waals surface area contributed by atoms with Crippen LogP contribution in [0.2, 0.25) is 0 Å². The molecule has 2 unspecified atom stereocenters. The van der Waals surface area contributed by atoms with Gasteiger partial charge in [-0.2, -0.15) is 11.8 Å². The second kappa shape index (κ2) is 7.31. The van der Waals surface area contributed by atoms with Gasteiger partial charge in [0, 0.05) is 17.5 Å². The SMILES string of the molecule is CSC(C)CCNC(C)c1ccc(S(C)(=O)=O)cc1. The van der Waals surface area contributed by atoms with Crippen molar-refractivity contribution in [2.45, 2.75) is 36.5 Å². The van der Waals surface area contributed by atoms with Crippen LogP contribution in [0.4, 0.5) is 0 Å². The van der Waals surface area contributed by atoms with E-state index in [1.54, 1.807) is 12.1 Å². The molecule has 0 fully saturated rings. The highest BCUT2D eigenvalue weighted by atomic mass is 32.2. The first-order valence-electron chi connectivity index (χ1n) is 6.40. The quantitative estimate of drug-likeness (QED) is 0.841. The number of hydrogen-bond donors (Lipinski definition) is 1. The minimum atomic E-state index is -3.10. The molecule has 0 radical (unpaired) electrons. The van der Waals surface area contributed by atoms with Gasteiger partial charge in [-0.25, -0.2) is 8.42 Å². The highest BCUT2D eigenvalue weighted by Crippen LogP contribution is 2.16. The van der Waals surface area contributed by atoms with Gasteiger partial charge in [-0.15, -0.1) is 0 Å². The van der Waals surface area contributed by atoms with E-state index in [2.05, 4.69) is 25.4 Å². The van der Waals surface area contributed by atoms with E-state index in [1.807, 2.05) is 23.9 Å². The number of nitrogens with one attached hydrogen (secondary N) is 1. The van der Waals surface area contributed by atoms with Crippen LogP contribution >= 0.6 is 11.8 Å². The van der Waals surface area contributed by atoms with Crippen molar-refractivity contribution in [2.75, 3.05) is 19.1 Å². The van der Waals surface area contributed by atoms with Crippen LogP contribution in [0, 0.1) is 0 Å². The largest absolute Gasteiger partial charge is 0.310 e. The highest BCUT2D eigenvalue weighted by molar-refractivity contribution is 7.99. The van der Waals surface area contributed by atoms with Crippen LogP contribution in [0.1, 0.15) is 31.9 Å². The Balaban J connectivity index is 2.56. The van der Waals surface area contributed by atoms with E-state index in [0.717, 1.165) is 18.5 Å². The summed E-state index contributed by atoms with van der Waals surface area (Å²) in [5.41, 5.74) is 1.12. The number of sulfone groups is 1. The van der Waals surface area contributed by atoms with Gasteiger partial charge in [0.2, 0.25) is 0 Å². The van der Waals surface area contributed by atoms with Crippen LogP contribution in [0.5, 0.6) is 0 Å². The van der Waals surface area contributed by atoms with Crippen LogP contribution in [-0.4, -0.2) is 32.7 Å². The second-order valence-corrected chi connectivity index (χ2v) is 8.14. The number of thioether (sulfide) groups is 1. The minimum absolute atomic E-state index is 0.239. The number of hydrogen-bond acceptors (Lipinski definition) is 4. The van der Waals surface area contributed by atoms with Gasteiger partial charge in [0.1, 0.15) is 0 Å². The monoisotopic (exact) mass is 301 g/mol. The molecule has 2 atom stereocenters. The van der Waals surface area contributed by atoms with Crippen molar-refractivity contribution in [3.05, 3.63) is 29.8 Å². The van der Waals surface area contributed by atoms with Crippen LogP contribution in [0.15, 0.2) is 29.2 Å². The van der Waals surface area contributed by atoms with Crippen LogP contribution in [0.25, 0.3) is 0 Å². The summed E-state index contributed by atoms with van der Waals surface area (Å²) in [5, 5.41) is 4.12. The van der Waals surface area contributed by atoms with Gasteiger partial charge in [-0.1, -0.05) is 19.1 Å². The summed E-state index contributed by atoms with van der Waals surface area (Å²) in [4.78, 5) is 0.374. The van der Waals surface area contributed by atoms with Gasteiger partial charge in [0.15, 0.2) is 9.84 Å². The summed E-state index contributed by atoms with van der Waals surface area (Å²) in [7, 11) is -3.10. The van der Waals surface area contributed by atoms with Gasteiger partial charge in [0.25, 0.3) is 0 Å². The lowest BCUT2D eigenvalue weighted by atomic mass is 10.1. The van der Waals surface area contributed by atoms with E-state index in [-0.39, 0.29) is 6.04 Å². The van der Waals surface area contributed by atoms with Gasteiger partial charge in [0.05, 0.1) is 4.90 Å². The molecular weight excluding hydrogens is 278 g/mol. The molecule has 1 aromatic rings. The summed E-state index contributed by atoms with van der Waals surface area (Å²) >= 11 is 1.87. The molecule has 0 aliphatic heterocycles. The lowest BCUT2D eigenvalue weighted by Crippen LogP contribution is -2.21. The molecule has 5 heteroatoms. The molecule has 0 saturated heterocycles. The molecule has 0 spiro atoms. The fourth-order valence-corrected chi connectivity index (χ4v) is 2.73.